The number of methoxy groups -OCH3 is 2. The SMILES string of the molecule is COC(=O)c1c(-c2cccc(COc3cc(F)cc(F)c3)c2)nn(-c2ccccc2)c1C(=O)OC. The standard InChI is InChI=1S/C26H20F2N2O5/c1-33-25(31)22-23(29-30(24(22)26(32)34-2)20-9-4-3-5-10-20)17-8-6-7-16(11-17)15-35-21-13-18(27)12-19(28)14-21/h3-14H,15H2,1-2H3. The van der Waals surface area contributed by atoms with Crippen LogP contribution in [0.1, 0.15) is 26.4 Å². The molecule has 0 amide bonds. The highest BCUT2D eigenvalue weighted by atomic mass is 19.1. The second-order valence-electron chi connectivity index (χ2n) is 7.40. The number of hydrogen-bond donors (Lipinski definition) is 0. The van der Waals surface area contributed by atoms with Crippen LogP contribution in [0.25, 0.3) is 16.9 Å². The molecule has 35 heavy (non-hydrogen) atoms. The second-order valence-corrected chi connectivity index (χ2v) is 7.40. The van der Waals surface area contributed by atoms with Gasteiger partial charge in [0.2, 0.25) is 0 Å². The summed E-state index contributed by atoms with van der Waals surface area (Å²) in [6.07, 6.45) is 0. The van der Waals surface area contributed by atoms with Crippen LogP contribution in [0.5, 0.6) is 5.75 Å². The van der Waals surface area contributed by atoms with E-state index in [4.69, 9.17) is 14.2 Å². The number of para-hydroxylation sites is 1. The molecule has 0 unspecified atom stereocenters. The van der Waals surface area contributed by atoms with Crippen LogP contribution < -0.4 is 4.74 Å². The summed E-state index contributed by atoms with van der Waals surface area (Å²) in [6, 6.07) is 18.6. The van der Waals surface area contributed by atoms with Crippen molar-refractivity contribution in [1.29, 1.82) is 0 Å². The number of carbonyl (C=O) groups excluding carboxylic acids is 2. The molecule has 3 aromatic carbocycles. The van der Waals surface area contributed by atoms with Crippen LogP contribution >= 0.6 is 0 Å². The molecule has 0 fully saturated rings. The number of nitrogens with zero attached hydrogens (tertiary/aromatic N) is 2. The maximum atomic E-state index is 13.5. The molecule has 0 aliphatic carbocycles. The first kappa shape index (κ1) is 23.6. The summed E-state index contributed by atoms with van der Waals surface area (Å²) in [5, 5.41) is 4.55. The molecular formula is C26H20F2N2O5. The van der Waals surface area contributed by atoms with Gasteiger partial charge in [0.25, 0.3) is 0 Å². The van der Waals surface area contributed by atoms with Gasteiger partial charge in [0.15, 0.2) is 5.69 Å². The Morgan fingerprint density at radius 1 is 0.857 bits per heavy atom. The van der Waals surface area contributed by atoms with Crippen LogP contribution in [-0.2, 0) is 16.1 Å². The Hall–Kier alpha value is -4.53. The summed E-state index contributed by atoms with van der Waals surface area (Å²) in [5.74, 6) is -3.00. The largest absolute Gasteiger partial charge is 0.489 e. The topological polar surface area (TPSA) is 79.7 Å². The van der Waals surface area contributed by atoms with E-state index in [0.29, 0.717) is 16.8 Å². The van der Waals surface area contributed by atoms with E-state index in [0.717, 1.165) is 18.2 Å². The Kier molecular flexibility index (Phi) is 6.86. The maximum Gasteiger partial charge on any atom is 0.357 e. The lowest BCUT2D eigenvalue weighted by molar-refractivity contribution is 0.0549. The summed E-state index contributed by atoms with van der Waals surface area (Å²) in [6.45, 7) is -0.00641. The lowest BCUT2D eigenvalue weighted by atomic mass is 10.0. The third-order valence-electron chi connectivity index (χ3n) is 5.10. The molecule has 178 valence electrons. The van der Waals surface area contributed by atoms with Gasteiger partial charge in [-0.05, 0) is 23.8 Å². The molecule has 0 aliphatic rings. The normalized spacial score (nSPS) is 10.6. The lowest BCUT2D eigenvalue weighted by Gasteiger charge is -2.08. The van der Waals surface area contributed by atoms with E-state index in [2.05, 4.69) is 5.10 Å². The van der Waals surface area contributed by atoms with Crippen molar-refractivity contribution in [2.75, 3.05) is 14.2 Å². The van der Waals surface area contributed by atoms with E-state index < -0.39 is 23.6 Å². The number of aromatic nitrogens is 2. The Morgan fingerprint density at radius 2 is 1.54 bits per heavy atom. The van der Waals surface area contributed by atoms with Crippen molar-refractivity contribution < 1.29 is 32.6 Å². The first-order valence-corrected chi connectivity index (χ1v) is 10.4. The predicted octanol–water partition coefficient (Wildman–Crippen LogP) is 4.97. The fourth-order valence-electron chi connectivity index (χ4n) is 3.54. The van der Waals surface area contributed by atoms with Gasteiger partial charge in [0, 0.05) is 23.8 Å². The zero-order valence-corrected chi connectivity index (χ0v) is 18.8. The van der Waals surface area contributed by atoms with Gasteiger partial charge in [-0.15, -0.1) is 0 Å². The van der Waals surface area contributed by atoms with Gasteiger partial charge in [0.05, 0.1) is 19.9 Å². The Labute approximate surface area is 199 Å². The van der Waals surface area contributed by atoms with E-state index in [-0.39, 0.29) is 29.3 Å². The second kappa shape index (κ2) is 10.2. The van der Waals surface area contributed by atoms with Gasteiger partial charge in [-0.2, -0.15) is 5.10 Å². The van der Waals surface area contributed by atoms with Gasteiger partial charge in [0.1, 0.15) is 35.2 Å². The van der Waals surface area contributed by atoms with Crippen LogP contribution in [-0.4, -0.2) is 35.9 Å². The van der Waals surface area contributed by atoms with Gasteiger partial charge in [-0.1, -0.05) is 36.4 Å². The number of rotatable bonds is 7. The molecule has 0 aliphatic heterocycles. The highest BCUT2D eigenvalue weighted by molar-refractivity contribution is 6.06. The zero-order valence-electron chi connectivity index (χ0n) is 18.8. The van der Waals surface area contributed by atoms with E-state index >= 15 is 0 Å². The highest BCUT2D eigenvalue weighted by Gasteiger charge is 2.31. The molecule has 9 heteroatoms. The number of esters is 2. The minimum atomic E-state index is -0.764. The number of benzene rings is 3. The summed E-state index contributed by atoms with van der Waals surface area (Å²) in [7, 11) is 2.41. The molecule has 0 spiro atoms. The molecular weight excluding hydrogens is 458 g/mol. The van der Waals surface area contributed by atoms with Crippen LogP contribution in [0.3, 0.4) is 0 Å². The summed E-state index contributed by atoms with van der Waals surface area (Å²) < 4.78 is 43.6. The summed E-state index contributed by atoms with van der Waals surface area (Å²) >= 11 is 0. The smallest absolute Gasteiger partial charge is 0.357 e. The van der Waals surface area contributed by atoms with E-state index in [1.54, 1.807) is 54.6 Å². The van der Waals surface area contributed by atoms with Crippen LogP contribution in [0.2, 0.25) is 0 Å². The molecule has 4 aromatic rings. The number of carbonyl (C=O) groups is 2. The lowest BCUT2D eigenvalue weighted by Crippen LogP contribution is -2.15. The number of hydrogen-bond acceptors (Lipinski definition) is 6. The minimum absolute atomic E-state index is 0.00641. The molecule has 0 saturated heterocycles. The summed E-state index contributed by atoms with van der Waals surface area (Å²) in [5.41, 5.74) is 1.72. The monoisotopic (exact) mass is 478 g/mol. The molecule has 1 aromatic heterocycles. The quantitative estimate of drug-likeness (QED) is 0.349. The Bertz CT molecular complexity index is 1370. The van der Waals surface area contributed by atoms with Crippen molar-refractivity contribution in [2.45, 2.75) is 6.61 Å². The average molecular weight is 478 g/mol. The van der Waals surface area contributed by atoms with E-state index in [1.165, 1.54) is 18.9 Å². The molecule has 0 radical (unpaired) electrons. The van der Waals surface area contributed by atoms with Crippen molar-refractivity contribution in [2.24, 2.45) is 0 Å². The highest BCUT2D eigenvalue weighted by Crippen LogP contribution is 2.30. The molecule has 0 bridgehead atoms. The molecule has 0 saturated carbocycles. The summed E-state index contributed by atoms with van der Waals surface area (Å²) in [4.78, 5) is 25.5. The fraction of sp³-hybridized carbons (Fsp3) is 0.115. The first-order chi connectivity index (χ1) is 16.9. The van der Waals surface area contributed by atoms with E-state index in [9.17, 15) is 18.4 Å². The van der Waals surface area contributed by atoms with Crippen molar-refractivity contribution in [3.05, 3.63) is 101 Å². The van der Waals surface area contributed by atoms with Crippen molar-refractivity contribution in [3.8, 4) is 22.7 Å². The molecule has 1 heterocycles. The van der Waals surface area contributed by atoms with Crippen molar-refractivity contribution in [1.82, 2.24) is 9.78 Å². The third-order valence-corrected chi connectivity index (χ3v) is 5.10. The number of ether oxygens (including phenoxy) is 3. The van der Waals surface area contributed by atoms with Crippen LogP contribution in [0.4, 0.5) is 8.78 Å². The molecule has 7 nitrogen and oxygen atoms in total. The van der Waals surface area contributed by atoms with Gasteiger partial charge in [-0.3, -0.25) is 0 Å². The fourth-order valence-corrected chi connectivity index (χ4v) is 3.54. The van der Waals surface area contributed by atoms with Crippen LogP contribution in [0, 0.1) is 11.6 Å². The average Bonchev–Trinajstić information content (AvgIpc) is 3.27. The Balaban J connectivity index is 1.78. The number of halogens is 2. The molecule has 4 rings (SSSR count). The van der Waals surface area contributed by atoms with Crippen molar-refractivity contribution in [3.63, 3.8) is 0 Å². The zero-order chi connectivity index (χ0) is 24.9. The first-order valence-electron chi connectivity index (χ1n) is 10.4. The van der Waals surface area contributed by atoms with Crippen LogP contribution in [0.15, 0.2) is 72.8 Å². The maximum absolute atomic E-state index is 13.5. The predicted molar refractivity (Wildman–Crippen MR) is 122 cm³/mol. The van der Waals surface area contributed by atoms with Gasteiger partial charge in [-0.25, -0.2) is 23.1 Å². The molecule has 0 atom stereocenters. The van der Waals surface area contributed by atoms with Gasteiger partial charge >= 0.3 is 11.9 Å². The third kappa shape index (κ3) is 5.03. The Morgan fingerprint density at radius 3 is 2.20 bits per heavy atom. The minimum Gasteiger partial charge on any atom is -0.489 e. The molecule has 0 N–H and O–H groups in total. The van der Waals surface area contributed by atoms with Crippen molar-refractivity contribution >= 4 is 11.9 Å². The van der Waals surface area contributed by atoms with E-state index in [1.807, 2.05) is 0 Å². The van der Waals surface area contributed by atoms with Gasteiger partial charge < -0.3 is 14.2 Å².